The SMILES string of the molecule is CC[N+](C)(C)Cc1cccs1.Cc1ccc(S(=O)(=O)O)cc1. The van der Waals surface area contributed by atoms with Crippen molar-refractivity contribution in [2.75, 3.05) is 20.6 Å². The highest BCUT2D eigenvalue weighted by Crippen LogP contribution is 2.14. The number of nitrogens with zero attached hydrogens (tertiary/aromatic N) is 1. The fraction of sp³-hybridized carbons (Fsp3) is 0.375. The normalized spacial score (nSPS) is 11.7. The Labute approximate surface area is 137 Å². The molecule has 4 nitrogen and oxygen atoms in total. The van der Waals surface area contributed by atoms with Crippen LogP contribution in [0, 0.1) is 6.92 Å². The quantitative estimate of drug-likeness (QED) is 0.682. The minimum atomic E-state index is -4.02. The second-order valence-electron chi connectivity index (χ2n) is 5.78. The number of thiophene rings is 1. The van der Waals surface area contributed by atoms with Gasteiger partial charge in [0.05, 0.1) is 30.4 Å². The zero-order valence-electron chi connectivity index (χ0n) is 13.5. The average molecular weight is 343 g/mol. The predicted molar refractivity (Wildman–Crippen MR) is 91.7 cm³/mol. The van der Waals surface area contributed by atoms with E-state index in [-0.39, 0.29) is 4.90 Å². The molecule has 2 aromatic rings. The third kappa shape index (κ3) is 6.70. The van der Waals surface area contributed by atoms with Gasteiger partial charge in [0.2, 0.25) is 0 Å². The number of aryl methyl sites for hydroxylation is 1. The largest absolute Gasteiger partial charge is 0.324 e. The highest BCUT2D eigenvalue weighted by atomic mass is 32.2. The monoisotopic (exact) mass is 342 g/mol. The van der Waals surface area contributed by atoms with Crippen molar-refractivity contribution in [3.05, 3.63) is 52.2 Å². The van der Waals surface area contributed by atoms with E-state index in [1.807, 2.05) is 18.3 Å². The summed E-state index contributed by atoms with van der Waals surface area (Å²) in [5, 5.41) is 2.14. The smallest absolute Gasteiger partial charge is 0.294 e. The van der Waals surface area contributed by atoms with Gasteiger partial charge in [0.1, 0.15) is 6.54 Å². The van der Waals surface area contributed by atoms with Crippen LogP contribution in [0.5, 0.6) is 0 Å². The van der Waals surface area contributed by atoms with Crippen LogP contribution in [-0.2, 0) is 16.7 Å². The summed E-state index contributed by atoms with van der Waals surface area (Å²) in [4.78, 5) is 1.42. The van der Waals surface area contributed by atoms with E-state index in [4.69, 9.17) is 4.55 Å². The Morgan fingerprint density at radius 3 is 2.14 bits per heavy atom. The number of quaternary nitrogens is 1. The molecule has 2 rings (SSSR count). The molecule has 0 aliphatic heterocycles. The average Bonchev–Trinajstić information content (AvgIpc) is 2.91. The molecule has 0 fully saturated rings. The van der Waals surface area contributed by atoms with Gasteiger partial charge in [-0.15, -0.1) is 11.3 Å². The summed E-state index contributed by atoms with van der Waals surface area (Å²) < 4.78 is 30.6. The molecule has 1 aromatic heterocycles. The van der Waals surface area contributed by atoms with Gasteiger partial charge in [0.15, 0.2) is 0 Å². The van der Waals surface area contributed by atoms with E-state index in [0.29, 0.717) is 0 Å². The molecule has 0 spiro atoms. The van der Waals surface area contributed by atoms with E-state index in [9.17, 15) is 8.42 Å². The lowest BCUT2D eigenvalue weighted by Crippen LogP contribution is -2.37. The van der Waals surface area contributed by atoms with E-state index < -0.39 is 10.1 Å². The van der Waals surface area contributed by atoms with Crippen LogP contribution in [-0.4, -0.2) is 38.1 Å². The highest BCUT2D eigenvalue weighted by Gasteiger charge is 2.12. The predicted octanol–water partition coefficient (Wildman–Crippen LogP) is 3.59. The maximum atomic E-state index is 10.5. The minimum absolute atomic E-state index is 0.0666. The van der Waals surface area contributed by atoms with Crippen LogP contribution >= 0.6 is 11.3 Å². The Bertz CT molecular complexity index is 660. The fourth-order valence-electron chi connectivity index (χ4n) is 1.65. The molecule has 0 radical (unpaired) electrons. The first-order chi connectivity index (χ1) is 10.1. The van der Waals surface area contributed by atoms with Gasteiger partial charge in [-0.2, -0.15) is 8.42 Å². The lowest BCUT2D eigenvalue weighted by atomic mass is 10.2. The standard InChI is InChI=1S/C9H16NS.C7H8O3S/c1-4-10(2,3)8-9-6-5-7-11-9;1-6-2-4-7(5-3-6)11(8,9)10/h5-7H,4,8H2,1-3H3;2-5H,1H3,(H,8,9,10)/q+1;. The molecule has 0 atom stereocenters. The van der Waals surface area contributed by atoms with E-state index in [2.05, 4.69) is 38.5 Å². The Hall–Kier alpha value is -1.21. The first-order valence-corrected chi connectivity index (χ1v) is 9.34. The van der Waals surface area contributed by atoms with Crippen molar-refractivity contribution in [2.45, 2.75) is 25.3 Å². The summed E-state index contributed by atoms with van der Waals surface area (Å²) in [6.07, 6.45) is 0. The summed E-state index contributed by atoms with van der Waals surface area (Å²) in [6, 6.07) is 10.3. The highest BCUT2D eigenvalue weighted by molar-refractivity contribution is 7.85. The second kappa shape index (κ2) is 7.87. The second-order valence-corrected chi connectivity index (χ2v) is 8.23. The van der Waals surface area contributed by atoms with Crippen molar-refractivity contribution in [3.63, 3.8) is 0 Å². The maximum absolute atomic E-state index is 10.5. The van der Waals surface area contributed by atoms with Gasteiger partial charge in [-0.05, 0) is 37.4 Å². The van der Waals surface area contributed by atoms with E-state index in [1.54, 1.807) is 12.1 Å². The molecule has 0 saturated heterocycles. The number of hydrogen-bond donors (Lipinski definition) is 1. The summed E-state index contributed by atoms with van der Waals surface area (Å²) in [7, 11) is 0.508. The van der Waals surface area contributed by atoms with Crippen LogP contribution in [0.15, 0.2) is 46.7 Å². The van der Waals surface area contributed by atoms with Crippen LogP contribution < -0.4 is 0 Å². The molecular weight excluding hydrogens is 318 g/mol. The van der Waals surface area contributed by atoms with Gasteiger partial charge in [-0.3, -0.25) is 4.55 Å². The number of rotatable bonds is 4. The molecule has 1 N–H and O–H groups in total. The van der Waals surface area contributed by atoms with Crippen LogP contribution in [0.1, 0.15) is 17.4 Å². The van der Waals surface area contributed by atoms with E-state index in [1.165, 1.54) is 23.6 Å². The van der Waals surface area contributed by atoms with Gasteiger partial charge in [-0.25, -0.2) is 0 Å². The van der Waals surface area contributed by atoms with Gasteiger partial charge in [0.25, 0.3) is 10.1 Å². The Balaban J connectivity index is 0.000000220. The van der Waals surface area contributed by atoms with Crippen molar-refractivity contribution in [1.82, 2.24) is 0 Å². The van der Waals surface area contributed by atoms with Crippen molar-refractivity contribution < 1.29 is 17.5 Å². The van der Waals surface area contributed by atoms with Crippen molar-refractivity contribution in [3.8, 4) is 0 Å². The van der Waals surface area contributed by atoms with Gasteiger partial charge >= 0.3 is 0 Å². The van der Waals surface area contributed by atoms with Crippen LogP contribution in [0.25, 0.3) is 0 Å². The van der Waals surface area contributed by atoms with E-state index >= 15 is 0 Å². The van der Waals surface area contributed by atoms with Crippen molar-refractivity contribution >= 4 is 21.5 Å². The molecule has 1 heterocycles. The van der Waals surface area contributed by atoms with E-state index in [0.717, 1.165) is 16.6 Å². The number of benzene rings is 1. The fourth-order valence-corrected chi connectivity index (χ4v) is 3.04. The zero-order chi connectivity index (χ0) is 16.8. The molecule has 0 unspecified atom stereocenters. The van der Waals surface area contributed by atoms with Crippen LogP contribution in [0.4, 0.5) is 0 Å². The van der Waals surface area contributed by atoms with Crippen LogP contribution in [0.3, 0.4) is 0 Å². The molecule has 0 aliphatic carbocycles. The first-order valence-electron chi connectivity index (χ1n) is 7.02. The Morgan fingerprint density at radius 1 is 1.14 bits per heavy atom. The lowest BCUT2D eigenvalue weighted by molar-refractivity contribution is -0.901. The summed E-state index contributed by atoms with van der Waals surface area (Å²) >= 11 is 1.85. The molecular formula is C16H24NO3S2+. The molecule has 0 saturated carbocycles. The molecule has 22 heavy (non-hydrogen) atoms. The van der Waals surface area contributed by atoms with Crippen LogP contribution in [0.2, 0.25) is 0 Å². The molecule has 0 bridgehead atoms. The van der Waals surface area contributed by atoms with Gasteiger partial charge in [0, 0.05) is 0 Å². The number of hydrogen-bond acceptors (Lipinski definition) is 3. The zero-order valence-corrected chi connectivity index (χ0v) is 15.1. The van der Waals surface area contributed by atoms with Gasteiger partial charge in [-0.1, -0.05) is 23.8 Å². The lowest BCUT2D eigenvalue weighted by Gasteiger charge is -2.27. The molecule has 0 aliphatic rings. The Kier molecular flexibility index (Phi) is 6.74. The Morgan fingerprint density at radius 2 is 1.73 bits per heavy atom. The molecule has 1 aromatic carbocycles. The third-order valence-electron chi connectivity index (χ3n) is 3.34. The van der Waals surface area contributed by atoms with Crippen molar-refractivity contribution in [2.24, 2.45) is 0 Å². The molecule has 6 heteroatoms. The molecule has 0 amide bonds. The first kappa shape index (κ1) is 18.8. The molecule has 122 valence electrons. The minimum Gasteiger partial charge on any atom is -0.324 e. The van der Waals surface area contributed by atoms with Crippen molar-refractivity contribution in [1.29, 1.82) is 0 Å². The topological polar surface area (TPSA) is 54.4 Å². The van der Waals surface area contributed by atoms with Gasteiger partial charge < -0.3 is 4.48 Å². The summed E-state index contributed by atoms with van der Waals surface area (Å²) in [5.41, 5.74) is 0.956. The third-order valence-corrected chi connectivity index (χ3v) is 5.07. The maximum Gasteiger partial charge on any atom is 0.294 e. The summed E-state index contributed by atoms with van der Waals surface area (Å²) in [6.45, 7) is 6.42. The summed E-state index contributed by atoms with van der Waals surface area (Å²) in [5.74, 6) is 0.